The van der Waals surface area contributed by atoms with Gasteiger partial charge in [0.05, 0.1) is 18.0 Å². The summed E-state index contributed by atoms with van der Waals surface area (Å²) >= 11 is 0. The zero-order chi connectivity index (χ0) is 19.3. The largest absolute Gasteiger partial charge is 0.416 e. The molecule has 1 heterocycles. The highest BCUT2D eigenvalue weighted by Crippen LogP contribution is 2.30. The van der Waals surface area contributed by atoms with Gasteiger partial charge >= 0.3 is 6.18 Å². The van der Waals surface area contributed by atoms with E-state index in [0.29, 0.717) is 29.6 Å². The number of hydrogen-bond acceptors (Lipinski definition) is 4. The number of allylic oxidation sites excluding steroid dienone is 1. The molecule has 0 aliphatic carbocycles. The van der Waals surface area contributed by atoms with E-state index in [4.69, 9.17) is 0 Å². The average Bonchev–Trinajstić information content (AvgIpc) is 2.61. The Hall–Kier alpha value is -2.90. The highest BCUT2D eigenvalue weighted by atomic mass is 19.4. The molecule has 1 aromatic heterocycles. The summed E-state index contributed by atoms with van der Waals surface area (Å²) < 4.78 is 37.9. The molecule has 0 saturated carbocycles. The Morgan fingerprint density at radius 3 is 2.42 bits per heavy atom. The molecule has 1 N–H and O–H groups in total. The van der Waals surface area contributed by atoms with Crippen LogP contribution in [0.15, 0.2) is 53.9 Å². The lowest BCUT2D eigenvalue weighted by molar-refractivity contribution is -0.137. The molecule has 2 rings (SSSR count). The fourth-order valence-corrected chi connectivity index (χ4v) is 2.23. The second-order valence-electron chi connectivity index (χ2n) is 5.49. The zero-order valence-corrected chi connectivity index (χ0v) is 14.8. The summed E-state index contributed by atoms with van der Waals surface area (Å²) in [6.45, 7) is 7.82. The van der Waals surface area contributed by atoms with Gasteiger partial charge in [0.1, 0.15) is 5.84 Å². The maximum Gasteiger partial charge on any atom is 0.416 e. The summed E-state index contributed by atoms with van der Waals surface area (Å²) in [6.07, 6.45) is -0.596. The predicted molar refractivity (Wildman–Crippen MR) is 97.7 cm³/mol. The molecule has 2 aromatic rings. The number of amidine groups is 1. The Morgan fingerprint density at radius 2 is 1.88 bits per heavy atom. The first-order chi connectivity index (χ1) is 12.3. The predicted octanol–water partition coefficient (Wildman–Crippen LogP) is 5.02. The monoisotopic (exact) mass is 363 g/mol. The molecular formula is C18H20F3N5. The number of halogens is 3. The summed E-state index contributed by atoms with van der Waals surface area (Å²) in [4.78, 5) is 14.6. The summed E-state index contributed by atoms with van der Waals surface area (Å²) in [6, 6.07) is 4.72. The fraction of sp³-hybridized carbons (Fsp3) is 0.278. The molecule has 0 amide bonds. The molecule has 5 nitrogen and oxygen atoms in total. The standard InChI is InChI=1S/C18H20F3N5/c1-5-12(2)26(13(3)22-4)17-11-23-10-16(25-17)24-15-8-6-14(7-9-15)18(19,20)21/h6-11H,2,5H2,1,3-4H3,(H,24,25). The number of benzene rings is 1. The Bertz CT molecular complexity index is 797. The number of aliphatic imine (C=N–C) groups is 1. The van der Waals surface area contributed by atoms with Crippen molar-refractivity contribution in [1.29, 1.82) is 0 Å². The summed E-state index contributed by atoms with van der Waals surface area (Å²) in [7, 11) is 1.67. The molecule has 0 unspecified atom stereocenters. The van der Waals surface area contributed by atoms with Gasteiger partial charge in [0.25, 0.3) is 0 Å². The quantitative estimate of drug-likeness (QED) is 0.599. The third-order valence-electron chi connectivity index (χ3n) is 3.71. The lowest BCUT2D eigenvalue weighted by Crippen LogP contribution is -2.28. The van der Waals surface area contributed by atoms with Gasteiger partial charge in [-0.1, -0.05) is 13.5 Å². The van der Waals surface area contributed by atoms with E-state index < -0.39 is 11.7 Å². The van der Waals surface area contributed by atoms with Crippen LogP contribution in [-0.2, 0) is 6.18 Å². The van der Waals surface area contributed by atoms with Crippen molar-refractivity contribution in [3.05, 3.63) is 54.5 Å². The number of nitrogens with one attached hydrogen (secondary N) is 1. The van der Waals surface area contributed by atoms with E-state index in [-0.39, 0.29) is 0 Å². The van der Waals surface area contributed by atoms with Crippen LogP contribution in [0.5, 0.6) is 0 Å². The second-order valence-corrected chi connectivity index (χ2v) is 5.49. The van der Waals surface area contributed by atoms with Crippen LogP contribution in [0.25, 0.3) is 0 Å². The van der Waals surface area contributed by atoms with Crippen LogP contribution in [0, 0.1) is 0 Å². The van der Waals surface area contributed by atoms with Crippen LogP contribution in [0.3, 0.4) is 0 Å². The molecule has 0 bridgehead atoms. The first kappa shape index (κ1) is 19.4. The number of aromatic nitrogens is 2. The minimum Gasteiger partial charge on any atom is -0.339 e. The molecular weight excluding hydrogens is 343 g/mol. The van der Waals surface area contributed by atoms with Gasteiger partial charge in [-0.15, -0.1) is 0 Å². The maximum atomic E-state index is 12.6. The fourth-order valence-electron chi connectivity index (χ4n) is 2.23. The van der Waals surface area contributed by atoms with E-state index in [1.165, 1.54) is 18.3 Å². The van der Waals surface area contributed by atoms with E-state index in [1.807, 2.05) is 13.8 Å². The van der Waals surface area contributed by atoms with Gasteiger partial charge in [0, 0.05) is 18.4 Å². The van der Waals surface area contributed by atoms with Crippen molar-refractivity contribution >= 4 is 23.2 Å². The van der Waals surface area contributed by atoms with E-state index in [2.05, 4.69) is 26.9 Å². The third kappa shape index (κ3) is 4.59. The molecule has 138 valence electrons. The van der Waals surface area contributed by atoms with Crippen LogP contribution in [0.1, 0.15) is 25.8 Å². The molecule has 0 fully saturated rings. The highest BCUT2D eigenvalue weighted by Gasteiger charge is 2.29. The van der Waals surface area contributed by atoms with E-state index in [9.17, 15) is 13.2 Å². The topological polar surface area (TPSA) is 53.4 Å². The summed E-state index contributed by atoms with van der Waals surface area (Å²) in [5.41, 5.74) is 0.573. The van der Waals surface area contributed by atoms with Gasteiger partial charge in [-0.05, 0) is 37.6 Å². The SMILES string of the molecule is C=C(CC)N(C(C)=NC)c1cncc(Nc2ccc(C(F)(F)F)cc2)n1. The van der Waals surface area contributed by atoms with Gasteiger partial charge in [-0.3, -0.25) is 14.9 Å². The Labute approximate surface area is 150 Å². The van der Waals surface area contributed by atoms with Crippen LogP contribution >= 0.6 is 0 Å². The number of rotatable bonds is 5. The summed E-state index contributed by atoms with van der Waals surface area (Å²) in [5.74, 6) is 1.63. The molecule has 0 atom stereocenters. The van der Waals surface area contributed by atoms with Crippen molar-refractivity contribution in [2.75, 3.05) is 17.3 Å². The van der Waals surface area contributed by atoms with E-state index in [0.717, 1.165) is 17.8 Å². The van der Waals surface area contributed by atoms with Crippen LogP contribution in [0.2, 0.25) is 0 Å². The Morgan fingerprint density at radius 1 is 1.23 bits per heavy atom. The van der Waals surface area contributed by atoms with Gasteiger partial charge in [0.15, 0.2) is 11.6 Å². The van der Waals surface area contributed by atoms with E-state index in [1.54, 1.807) is 18.1 Å². The molecule has 8 heteroatoms. The number of nitrogens with zero attached hydrogens (tertiary/aromatic N) is 4. The van der Waals surface area contributed by atoms with Crippen molar-refractivity contribution < 1.29 is 13.2 Å². The van der Waals surface area contributed by atoms with Crippen LogP contribution in [-0.4, -0.2) is 22.9 Å². The second kappa shape index (κ2) is 7.99. The smallest absolute Gasteiger partial charge is 0.339 e. The first-order valence-electron chi connectivity index (χ1n) is 7.94. The van der Waals surface area contributed by atoms with Crippen LogP contribution in [0.4, 0.5) is 30.5 Å². The van der Waals surface area contributed by atoms with E-state index >= 15 is 0 Å². The third-order valence-corrected chi connectivity index (χ3v) is 3.71. The van der Waals surface area contributed by atoms with Gasteiger partial charge in [-0.2, -0.15) is 13.2 Å². The normalized spacial score (nSPS) is 12.0. The van der Waals surface area contributed by atoms with Gasteiger partial charge < -0.3 is 5.32 Å². The van der Waals surface area contributed by atoms with Crippen molar-refractivity contribution in [1.82, 2.24) is 9.97 Å². The minimum absolute atomic E-state index is 0.403. The lowest BCUT2D eigenvalue weighted by Gasteiger charge is -2.24. The minimum atomic E-state index is -4.36. The molecule has 0 spiro atoms. The molecule has 0 radical (unpaired) electrons. The average molecular weight is 363 g/mol. The Balaban J connectivity index is 2.27. The number of alkyl halides is 3. The van der Waals surface area contributed by atoms with Gasteiger partial charge in [-0.25, -0.2) is 4.98 Å². The molecule has 26 heavy (non-hydrogen) atoms. The Kier molecular flexibility index (Phi) is 5.97. The van der Waals surface area contributed by atoms with Crippen molar-refractivity contribution in [2.45, 2.75) is 26.4 Å². The molecule has 0 aliphatic heterocycles. The number of hydrogen-bond donors (Lipinski definition) is 1. The zero-order valence-electron chi connectivity index (χ0n) is 14.8. The molecule has 0 saturated heterocycles. The molecule has 0 aliphatic rings. The highest BCUT2D eigenvalue weighted by molar-refractivity contribution is 5.97. The van der Waals surface area contributed by atoms with Crippen molar-refractivity contribution in [2.24, 2.45) is 4.99 Å². The summed E-state index contributed by atoms with van der Waals surface area (Å²) in [5, 5.41) is 2.95. The lowest BCUT2D eigenvalue weighted by atomic mass is 10.2. The van der Waals surface area contributed by atoms with Crippen molar-refractivity contribution in [3.8, 4) is 0 Å². The number of anilines is 3. The first-order valence-corrected chi connectivity index (χ1v) is 7.94. The maximum absolute atomic E-state index is 12.6. The van der Waals surface area contributed by atoms with Crippen LogP contribution < -0.4 is 10.2 Å². The van der Waals surface area contributed by atoms with Gasteiger partial charge in [0.2, 0.25) is 0 Å². The molecule has 1 aromatic carbocycles. The van der Waals surface area contributed by atoms with Crippen molar-refractivity contribution in [3.63, 3.8) is 0 Å².